The molecule has 0 atom stereocenters. The summed E-state index contributed by atoms with van der Waals surface area (Å²) in [6.45, 7) is 3.37. The van der Waals surface area contributed by atoms with E-state index in [4.69, 9.17) is 4.42 Å². The van der Waals surface area contributed by atoms with Gasteiger partial charge in [-0.15, -0.1) is 10.2 Å². The lowest BCUT2D eigenvalue weighted by atomic mass is 9.70. The van der Waals surface area contributed by atoms with Crippen LogP contribution in [0.3, 0.4) is 0 Å². The molecule has 2 aromatic carbocycles. The second-order valence-corrected chi connectivity index (χ2v) is 12.5. The van der Waals surface area contributed by atoms with Crippen LogP contribution in [0, 0.1) is 5.41 Å². The van der Waals surface area contributed by atoms with Crippen LogP contribution in [0.25, 0.3) is 11.5 Å². The number of likely N-dealkylation sites (tertiary alicyclic amines) is 1. The summed E-state index contributed by atoms with van der Waals surface area (Å²) in [7, 11) is -3.77. The van der Waals surface area contributed by atoms with Crippen molar-refractivity contribution in [3.8, 4) is 11.5 Å². The highest BCUT2D eigenvalue weighted by atomic mass is 32.2. The highest BCUT2D eigenvalue weighted by Gasteiger charge is 2.49. The highest BCUT2D eigenvalue weighted by Crippen LogP contribution is 2.45. The van der Waals surface area contributed by atoms with Gasteiger partial charge in [0.05, 0.1) is 12.2 Å². The number of hydrogen-bond acceptors (Lipinski definition) is 6. The zero-order valence-electron chi connectivity index (χ0n) is 21.0. The summed E-state index contributed by atoms with van der Waals surface area (Å²) in [6, 6.07) is 16.7. The van der Waals surface area contributed by atoms with Gasteiger partial charge in [0.2, 0.25) is 5.89 Å². The Hall–Kier alpha value is -2.89. The van der Waals surface area contributed by atoms with Crippen molar-refractivity contribution in [1.82, 2.24) is 19.4 Å². The molecule has 0 amide bonds. The van der Waals surface area contributed by atoms with Gasteiger partial charge in [-0.05, 0) is 60.9 Å². The molecule has 1 spiro atoms. The van der Waals surface area contributed by atoms with E-state index in [1.807, 2.05) is 18.2 Å². The SMILES string of the molecule is O=S(=O)(N1CCC2(CC1)CN(C1CCC1)C2)N(Cc1ccc(-c2nnc(C(F)F)o2)cc1)c1ccccc1. The number of rotatable bonds is 8. The molecule has 1 aromatic heterocycles. The molecule has 11 heteroatoms. The Morgan fingerprint density at radius 2 is 1.68 bits per heavy atom. The fourth-order valence-corrected chi connectivity index (χ4v) is 7.35. The van der Waals surface area contributed by atoms with Crippen LogP contribution in [0.5, 0.6) is 0 Å². The van der Waals surface area contributed by atoms with Crippen LogP contribution in [0.15, 0.2) is 59.0 Å². The number of aromatic nitrogens is 2. The third-order valence-corrected chi connectivity index (χ3v) is 10.2. The average molecular weight is 544 g/mol. The van der Waals surface area contributed by atoms with Crippen molar-refractivity contribution < 1.29 is 21.6 Å². The smallest absolute Gasteiger partial charge is 0.314 e. The van der Waals surface area contributed by atoms with Crippen molar-refractivity contribution in [2.45, 2.75) is 51.1 Å². The minimum atomic E-state index is -3.77. The molecule has 6 rings (SSSR count). The molecule has 0 bridgehead atoms. The van der Waals surface area contributed by atoms with Gasteiger partial charge < -0.3 is 4.42 Å². The molecule has 3 heterocycles. The lowest BCUT2D eigenvalue weighted by Crippen LogP contribution is -2.64. The van der Waals surface area contributed by atoms with Crippen molar-refractivity contribution >= 4 is 15.9 Å². The number of piperidine rings is 1. The quantitative estimate of drug-likeness (QED) is 0.403. The van der Waals surface area contributed by atoms with Crippen molar-refractivity contribution in [2.75, 3.05) is 30.5 Å². The van der Waals surface area contributed by atoms with Gasteiger partial charge in [-0.2, -0.15) is 21.5 Å². The predicted molar refractivity (Wildman–Crippen MR) is 139 cm³/mol. The van der Waals surface area contributed by atoms with E-state index in [9.17, 15) is 17.2 Å². The molecule has 8 nitrogen and oxygen atoms in total. The molecule has 38 heavy (non-hydrogen) atoms. The van der Waals surface area contributed by atoms with Crippen molar-refractivity contribution in [3.63, 3.8) is 0 Å². The Labute approximate surface area is 221 Å². The Kier molecular flexibility index (Phi) is 6.69. The molecule has 0 N–H and O–H groups in total. The van der Waals surface area contributed by atoms with E-state index in [1.54, 1.807) is 40.7 Å². The fourth-order valence-electron chi connectivity index (χ4n) is 5.73. The van der Waals surface area contributed by atoms with Crippen LogP contribution in [0.1, 0.15) is 50.0 Å². The number of hydrogen-bond donors (Lipinski definition) is 0. The molecule has 2 aliphatic heterocycles. The number of benzene rings is 2. The van der Waals surface area contributed by atoms with Crippen LogP contribution in [0.4, 0.5) is 14.5 Å². The average Bonchev–Trinajstić information content (AvgIpc) is 3.37. The van der Waals surface area contributed by atoms with Gasteiger partial charge in [0.25, 0.3) is 5.89 Å². The van der Waals surface area contributed by atoms with E-state index in [0.717, 1.165) is 37.5 Å². The van der Waals surface area contributed by atoms with Crippen molar-refractivity contribution in [2.24, 2.45) is 5.41 Å². The van der Waals surface area contributed by atoms with Crippen molar-refractivity contribution in [1.29, 1.82) is 0 Å². The molecule has 3 aromatic rings. The molecule has 0 radical (unpaired) electrons. The van der Waals surface area contributed by atoms with E-state index in [1.165, 1.54) is 23.6 Å². The zero-order valence-corrected chi connectivity index (χ0v) is 21.9. The van der Waals surface area contributed by atoms with Crippen LogP contribution in [-0.4, -0.2) is 60.0 Å². The standard InChI is InChI=1S/C27H31F2N5O3S/c28-24(29)26-31-30-25(37-26)21-11-9-20(10-12-21)17-34(23-5-2-1-3-6-23)38(35,36)33-15-13-27(14-16-33)18-32(19-27)22-7-4-8-22/h1-3,5-6,9-12,22,24H,4,7-8,13-19H2. The minimum absolute atomic E-state index is 0.00602. The first-order valence-electron chi connectivity index (χ1n) is 13.1. The molecule has 0 unspecified atom stereocenters. The van der Waals surface area contributed by atoms with Crippen LogP contribution < -0.4 is 4.31 Å². The van der Waals surface area contributed by atoms with Gasteiger partial charge in [-0.1, -0.05) is 36.8 Å². The number of para-hydroxylation sites is 1. The number of anilines is 1. The van der Waals surface area contributed by atoms with Gasteiger partial charge in [-0.25, -0.2) is 0 Å². The molecular formula is C27H31F2N5O3S. The first kappa shape index (κ1) is 25.4. The summed E-state index contributed by atoms with van der Waals surface area (Å²) in [5.74, 6) is -0.736. The molecule has 1 saturated carbocycles. The maximum atomic E-state index is 13.9. The van der Waals surface area contributed by atoms with E-state index in [2.05, 4.69) is 15.1 Å². The topological polar surface area (TPSA) is 82.8 Å². The van der Waals surface area contributed by atoms with Crippen LogP contribution in [-0.2, 0) is 16.8 Å². The number of nitrogens with zero attached hydrogens (tertiary/aromatic N) is 5. The minimum Gasteiger partial charge on any atom is -0.415 e. The summed E-state index contributed by atoms with van der Waals surface area (Å²) < 4.78 is 61.5. The normalized spacial score (nSPS) is 20.4. The van der Waals surface area contributed by atoms with Gasteiger partial charge >= 0.3 is 16.6 Å². The van der Waals surface area contributed by atoms with Gasteiger partial charge in [0.15, 0.2) is 0 Å². The summed E-state index contributed by atoms with van der Waals surface area (Å²) in [4.78, 5) is 2.58. The van der Waals surface area contributed by atoms with Gasteiger partial charge in [0.1, 0.15) is 0 Å². The van der Waals surface area contributed by atoms with Gasteiger partial charge in [-0.3, -0.25) is 9.21 Å². The molecule has 3 fully saturated rings. The van der Waals surface area contributed by atoms with Crippen LogP contribution in [0.2, 0.25) is 0 Å². The van der Waals surface area contributed by atoms with E-state index < -0.39 is 22.5 Å². The fraction of sp³-hybridized carbons (Fsp3) is 0.481. The molecular weight excluding hydrogens is 512 g/mol. The monoisotopic (exact) mass is 543 g/mol. The molecule has 3 aliphatic rings. The third-order valence-electron chi connectivity index (χ3n) is 8.25. The second kappa shape index (κ2) is 10.0. The molecule has 202 valence electrons. The van der Waals surface area contributed by atoms with Crippen molar-refractivity contribution in [3.05, 3.63) is 66.1 Å². The zero-order chi connectivity index (χ0) is 26.3. The summed E-state index contributed by atoms with van der Waals surface area (Å²) in [5, 5.41) is 7.04. The Morgan fingerprint density at radius 3 is 2.26 bits per heavy atom. The summed E-state index contributed by atoms with van der Waals surface area (Å²) in [5.41, 5.74) is 2.09. The van der Waals surface area contributed by atoms with E-state index in [0.29, 0.717) is 24.3 Å². The lowest BCUT2D eigenvalue weighted by molar-refractivity contribution is -0.0771. The maximum absolute atomic E-state index is 13.9. The number of alkyl halides is 2. The van der Waals surface area contributed by atoms with E-state index >= 15 is 0 Å². The van der Waals surface area contributed by atoms with Gasteiger partial charge in [0, 0.05) is 37.8 Å². The highest BCUT2D eigenvalue weighted by molar-refractivity contribution is 7.90. The first-order valence-corrected chi connectivity index (χ1v) is 14.5. The lowest BCUT2D eigenvalue weighted by Gasteiger charge is -2.58. The second-order valence-electron chi connectivity index (χ2n) is 10.7. The molecule has 2 saturated heterocycles. The third kappa shape index (κ3) is 4.83. The molecule has 1 aliphatic carbocycles. The predicted octanol–water partition coefficient (Wildman–Crippen LogP) is 4.88. The first-order chi connectivity index (χ1) is 18.3. The maximum Gasteiger partial charge on any atom is 0.314 e. The van der Waals surface area contributed by atoms with E-state index in [-0.39, 0.29) is 17.9 Å². The van der Waals surface area contributed by atoms with Crippen LogP contribution >= 0.6 is 0 Å². The Morgan fingerprint density at radius 1 is 1.00 bits per heavy atom. The Balaban J connectivity index is 1.17. The summed E-state index contributed by atoms with van der Waals surface area (Å²) in [6.07, 6.45) is 2.87. The Bertz CT molecular complexity index is 1350. The largest absolute Gasteiger partial charge is 0.415 e. The summed E-state index contributed by atoms with van der Waals surface area (Å²) >= 11 is 0. The number of halogens is 2.